The van der Waals surface area contributed by atoms with E-state index in [0.717, 1.165) is 28.7 Å². The molecule has 3 heterocycles. The van der Waals surface area contributed by atoms with Crippen molar-refractivity contribution in [3.8, 4) is 0 Å². The smallest absolute Gasteiger partial charge is 0.223 e. The number of fused-ring (bicyclic) bond motifs is 1. The molecule has 0 saturated heterocycles. The number of carbonyl (C=O) groups is 1. The van der Waals surface area contributed by atoms with Crippen LogP contribution in [-0.2, 0) is 45.5 Å². The predicted molar refractivity (Wildman–Crippen MR) is 100 cm³/mol. The van der Waals surface area contributed by atoms with Gasteiger partial charge >= 0.3 is 0 Å². The highest BCUT2D eigenvalue weighted by Crippen LogP contribution is 2.29. The van der Waals surface area contributed by atoms with Crippen molar-refractivity contribution in [1.29, 1.82) is 0 Å². The van der Waals surface area contributed by atoms with Crippen LogP contribution in [-0.4, -0.2) is 42.8 Å². The summed E-state index contributed by atoms with van der Waals surface area (Å²) in [7, 11) is -3.11. The van der Waals surface area contributed by atoms with Crippen molar-refractivity contribution in [3.05, 3.63) is 51.5 Å². The number of rotatable bonds is 7. The van der Waals surface area contributed by atoms with Crippen molar-refractivity contribution < 1.29 is 17.9 Å². The highest BCUT2D eigenvalue weighted by atomic mass is 32.2. The molecule has 1 aliphatic heterocycles. The van der Waals surface area contributed by atoms with Gasteiger partial charge in [0.25, 0.3) is 0 Å². The van der Waals surface area contributed by atoms with Crippen LogP contribution in [0.25, 0.3) is 0 Å². The maximum Gasteiger partial charge on any atom is 0.223 e. The van der Waals surface area contributed by atoms with Gasteiger partial charge < -0.3 is 9.64 Å². The molecule has 3 rings (SSSR count). The minimum absolute atomic E-state index is 0.0549. The predicted octanol–water partition coefficient (Wildman–Crippen LogP) is 2.18. The third-order valence-electron chi connectivity index (χ3n) is 4.19. The number of amides is 1. The number of carbonyl (C=O) groups excluding carboxylic acids is 1. The molecule has 0 fully saturated rings. The van der Waals surface area contributed by atoms with E-state index >= 15 is 0 Å². The average Bonchev–Trinajstić information content (AvgIpc) is 3.01. The molecular formula is C18H22N2O4S2. The van der Waals surface area contributed by atoms with Crippen LogP contribution in [0.4, 0.5) is 0 Å². The maximum atomic E-state index is 12.2. The molecule has 140 valence electrons. The van der Waals surface area contributed by atoms with Crippen molar-refractivity contribution in [1.82, 2.24) is 9.88 Å². The molecule has 1 amide bonds. The van der Waals surface area contributed by atoms with Gasteiger partial charge in [0.2, 0.25) is 5.91 Å². The van der Waals surface area contributed by atoms with Gasteiger partial charge in [0.1, 0.15) is 9.84 Å². The SMILES string of the molecule is CS(=O)(=O)CCC(=O)N1CCc2sc(COCc3cccnc3)cc2C1. The first kappa shape index (κ1) is 19.0. The van der Waals surface area contributed by atoms with Gasteiger partial charge in [-0.05, 0) is 29.7 Å². The first-order valence-corrected chi connectivity index (χ1v) is 11.3. The normalized spacial score (nSPS) is 14.3. The Morgan fingerprint density at radius 1 is 1.38 bits per heavy atom. The molecule has 0 spiro atoms. The molecule has 8 heteroatoms. The van der Waals surface area contributed by atoms with Crippen molar-refractivity contribution in [2.75, 3.05) is 18.6 Å². The lowest BCUT2D eigenvalue weighted by molar-refractivity contribution is -0.131. The topological polar surface area (TPSA) is 76.6 Å². The lowest BCUT2D eigenvalue weighted by atomic mass is 10.1. The number of hydrogen-bond acceptors (Lipinski definition) is 6. The van der Waals surface area contributed by atoms with Gasteiger partial charge in [-0.25, -0.2) is 8.42 Å². The highest BCUT2D eigenvalue weighted by molar-refractivity contribution is 7.90. The summed E-state index contributed by atoms with van der Waals surface area (Å²) in [6, 6.07) is 5.96. The van der Waals surface area contributed by atoms with Crippen LogP contribution >= 0.6 is 11.3 Å². The van der Waals surface area contributed by atoms with Gasteiger partial charge in [0.15, 0.2) is 0 Å². The molecule has 0 unspecified atom stereocenters. The quantitative estimate of drug-likeness (QED) is 0.719. The summed E-state index contributed by atoms with van der Waals surface area (Å²) >= 11 is 1.73. The zero-order valence-electron chi connectivity index (χ0n) is 14.7. The fourth-order valence-corrected chi connectivity index (χ4v) is 4.52. The van der Waals surface area contributed by atoms with E-state index in [9.17, 15) is 13.2 Å². The number of pyridine rings is 1. The Balaban J connectivity index is 1.52. The molecule has 0 aliphatic carbocycles. The Morgan fingerprint density at radius 3 is 2.96 bits per heavy atom. The average molecular weight is 395 g/mol. The fraction of sp³-hybridized carbons (Fsp3) is 0.444. The lowest BCUT2D eigenvalue weighted by Crippen LogP contribution is -2.36. The molecule has 2 aromatic heterocycles. The second-order valence-corrected chi connectivity index (χ2v) is 9.94. The third kappa shape index (κ3) is 5.36. The molecule has 2 aromatic rings. The summed E-state index contributed by atoms with van der Waals surface area (Å²) in [5, 5.41) is 0. The number of hydrogen-bond donors (Lipinski definition) is 0. The zero-order valence-corrected chi connectivity index (χ0v) is 16.3. The molecule has 0 saturated carbocycles. The van der Waals surface area contributed by atoms with Gasteiger partial charge in [-0.1, -0.05) is 6.07 Å². The van der Waals surface area contributed by atoms with Crippen LogP contribution in [0, 0.1) is 0 Å². The standard InChI is InChI=1S/C18H22N2O4S2/c1-26(22,23)8-5-18(21)20-7-4-17-15(11-20)9-16(25-17)13-24-12-14-3-2-6-19-10-14/h2-3,6,9-10H,4-5,7-8,11-13H2,1H3. The molecule has 6 nitrogen and oxygen atoms in total. The van der Waals surface area contributed by atoms with Gasteiger partial charge in [0, 0.05) is 47.9 Å². The molecule has 0 aromatic carbocycles. The summed E-state index contributed by atoms with van der Waals surface area (Å²) in [5.74, 6) is -0.187. The first-order chi connectivity index (χ1) is 12.4. The van der Waals surface area contributed by atoms with Crippen LogP contribution in [0.5, 0.6) is 0 Å². The van der Waals surface area contributed by atoms with Crippen molar-refractivity contribution in [2.45, 2.75) is 32.6 Å². The van der Waals surface area contributed by atoms with E-state index < -0.39 is 9.84 Å². The molecule has 26 heavy (non-hydrogen) atoms. The molecule has 1 aliphatic rings. The highest BCUT2D eigenvalue weighted by Gasteiger charge is 2.23. The number of thiophene rings is 1. The van der Waals surface area contributed by atoms with Crippen LogP contribution in [0.2, 0.25) is 0 Å². The summed E-state index contributed by atoms with van der Waals surface area (Å²) in [6.45, 7) is 2.25. The van der Waals surface area contributed by atoms with Crippen LogP contribution in [0.15, 0.2) is 30.6 Å². The van der Waals surface area contributed by atoms with Crippen LogP contribution in [0.1, 0.15) is 27.3 Å². The summed E-state index contributed by atoms with van der Waals surface area (Å²) in [4.78, 5) is 20.5. The summed E-state index contributed by atoms with van der Waals surface area (Å²) in [6.07, 6.45) is 5.55. The number of ether oxygens (including phenoxy) is 1. The Bertz CT molecular complexity index is 863. The van der Waals surface area contributed by atoms with Gasteiger partial charge in [-0.3, -0.25) is 9.78 Å². The monoisotopic (exact) mass is 394 g/mol. The van der Waals surface area contributed by atoms with Gasteiger partial charge in [-0.15, -0.1) is 11.3 Å². The minimum atomic E-state index is -3.11. The Hall–Kier alpha value is -1.77. The number of sulfone groups is 1. The van der Waals surface area contributed by atoms with E-state index in [1.165, 1.54) is 4.88 Å². The number of aromatic nitrogens is 1. The third-order valence-corrected chi connectivity index (χ3v) is 6.35. The fourth-order valence-electron chi connectivity index (χ4n) is 2.86. The van der Waals surface area contributed by atoms with Crippen molar-refractivity contribution in [3.63, 3.8) is 0 Å². The van der Waals surface area contributed by atoms with Crippen molar-refractivity contribution >= 4 is 27.1 Å². The van der Waals surface area contributed by atoms with Crippen LogP contribution < -0.4 is 0 Å². The van der Waals surface area contributed by atoms with E-state index in [2.05, 4.69) is 11.1 Å². The second kappa shape index (κ2) is 8.28. The number of nitrogens with zero attached hydrogens (tertiary/aromatic N) is 2. The zero-order chi connectivity index (χ0) is 18.6. The molecule has 0 atom stereocenters. The van der Waals surface area contributed by atoms with E-state index in [0.29, 0.717) is 26.3 Å². The largest absolute Gasteiger partial charge is 0.371 e. The second-order valence-electron chi connectivity index (χ2n) is 6.46. The molecule has 0 bridgehead atoms. The van der Waals surface area contributed by atoms with E-state index in [4.69, 9.17) is 4.74 Å². The summed E-state index contributed by atoms with van der Waals surface area (Å²) in [5.41, 5.74) is 2.19. The summed E-state index contributed by atoms with van der Waals surface area (Å²) < 4.78 is 28.2. The van der Waals surface area contributed by atoms with Gasteiger partial charge in [-0.2, -0.15) is 0 Å². The van der Waals surface area contributed by atoms with E-state index in [1.54, 1.807) is 28.6 Å². The molecule has 0 N–H and O–H groups in total. The molecular weight excluding hydrogens is 372 g/mol. The molecule has 0 radical (unpaired) electrons. The minimum Gasteiger partial charge on any atom is -0.371 e. The van der Waals surface area contributed by atoms with Crippen LogP contribution in [0.3, 0.4) is 0 Å². The Kier molecular flexibility index (Phi) is 6.05. The lowest BCUT2D eigenvalue weighted by Gasteiger charge is -2.26. The van der Waals surface area contributed by atoms with E-state index in [1.807, 2.05) is 12.1 Å². The Morgan fingerprint density at radius 2 is 2.23 bits per heavy atom. The van der Waals surface area contributed by atoms with Gasteiger partial charge in [0.05, 0.1) is 19.0 Å². The van der Waals surface area contributed by atoms with E-state index in [-0.39, 0.29) is 18.1 Å². The maximum absolute atomic E-state index is 12.2. The first-order valence-electron chi connectivity index (χ1n) is 8.43. The van der Waals surface area contributed by atoms with Crippen molar-refractivity contribution in [2.24, 2.45) is 0 Å². The Labute approximate surface area is 157 Å².